The van der Waals surface area contributed by atoms with Crippen molar-refractivity contribution < 1.29 is 12.8 Å². The molecule has 0 aliphatic carbocycles. The van der Waals surface area contributed by atoms with Crippen molar-refractivity contribution in [2.75, 3.05) is 12.4 Å². The van der Waals surface area contributed by atoms with E-state index < -0.39 is 15.8 Å². The predicted molar refractivity (Wildman–Crippen MR) is 84.1 cm³/mol. The first kappa shape index (κ1) is 14.8. The number of anilines is 1. The van der Waals surface area contributed by atoms with Gasteiger partial charge in [-0.25, -0.2) is 4.39 Å². The fraction of sp³-hybridized carbons (Fsp3) is 0.0714. The zero-order valence-electron chi connectivity index (χ0n) is 11.4. The molecule has 1 heterocycles. The molecule has 0 saturated heterocycles. The van der Waals surface area contributed by atoms with Crippen molar-refractivity contribution in [2.45, 2.75) is 4.90 Å². The first-order chi connectivity index (χ1) is 10.4. The van der Waals surface area contributed by atoms with E-state index >= 15 is 0 Å². The van der Waals surface area contributed by atoms with E-state index in [-0.39, 0.29) is 15.9 Å². The maximum atomic E-state index is 13.7. The second kappa shape index (κ2) is 5.26. The number of sulfonamides is 1. The van der Waals surface area contributed by atoms with Gasteiger partial charge in [0.15, 0.2) is 0 Å². The smallest absolute Gasteiger partial charge is 0.287 e. The van der Waals surface area contributed by atoms with Crippen LogP contribution < -0.4 is 10.6 Å². The Morgan fingerprint density at radius 3 is 2.59 bits per heavy atom. The standard InChI is InChI=1S/C14H11ClFN3O2S/c1-17-14-18-13-9(8-4-2-6-10(16)12(8)15)5-3-7-11(13)22(20,21)19-14/h2-7H,1H3,(H2,17,18,19). The average molecular weight is 340 g/mol. The first-order valence-corrected chi connectivity index (χ1v) is 8.13. The van der Waals surface area contributed by atoms with E-state index in [1.54, 1.807) is 25.2 Å². The van der Waals surface area contributed by atoms with Crippen LogP contribution in [0.1, 0.15) is 0 Å². The third-order valence-corrected chi connectivity index (χ3v) is 4.94. The molecule has 3 rings (SSSR count). The van der Waals surface area contributed by atoms with Crippen LogP contribution in [-0.4, -0.2) is 21.4 Å². The lowest BCUT2D eigenvalue weighted by Crippen LogP contribution is -2.32. The van der Waals surface area contributed by atoms with Crippen LogP contribution in [0, 0.1) is 5.82 Å². The summed E-state index contributed by atoms with van der Waals surface area (Å²) in [4.78, 5) is 0.0179. The van der Waals surface area contributed by atoms with Crippen molar-refractivity contribution in [2.24, 2.45) is 4.40 Å². The minimum Gasteiger partial charge on any atom is -0.358 e. The number of nitrogens with zero attached hydrogens (tertiary/aromatic N) is 1. The number of guanidine groups is 1. The molecule has 0 spiro atoms. The van der Waals surface area contributed by atoms with Crippen molar-refractivity contribution in [3.05, 3.63) is 47.2 Å². The Labute approximate surface area is 131 Å². The molecule has 22 heavy (non-hydrogen) atoms. The van der Waals surface area contributed by atoms with Gasteiger partial charge in [-0.1, -0.05) is 35.9 Å². The van der Waals surface area contributed by atoms with Crippen molar-refractivity contribution >= 4 is 33.3 Å². The van der Waals surface area contributed by atoms with E-state index in [2.05, 4.69) is 15.0 Å². The quantitative estimate of drug-likeness (QED) is 0.838. The Kier molecular flexibility index (Phi) is 3.54. The Hall–Kier alpha value is -2.12. The first-order valence-electron chi connectivity index (χ1n) is 6.31. The molecule has 0 radical (unpaired) electrons. The summed E-state index contributed by atoms with van der Waals surface area (Å²) in [5.41, 5.74) is 1.20. The highest BCUT2D eigenvalue weighted by molar-refractivity contribution is 7.90. The lowest BCUT2D eigenvalue weighted by molar-refractivity contribution is 0.597. The number of benzene rings is 2. The fourth-order valence-corrected chi connectivity index (χ4v) is 3.60. The van der Waals surface area contributed by atoms with Crippen LogP contribution >= 0.6 is 11.6 Å². The number of halogens is 2. The van der Waals surface area contributed by atoms with Crippen molar-refractivity contribution in [3.8, 4) is 11.1 Å². The molecule has 0 saturated carbocycles. The molecule has 114 valence electrons. The number of nitrogens with one attached hydrogen (secondary N) is 2. The van der Waals surface area contributed by atoms with Crippen LogP contribution in [0.4, 0.5) is 10.1 Å². The summed E-state index contributed by atoms with van der Waals surface area (Å²) >= 11 is 6.01. The monoisotopic (exact) mass is 339 g/mol. The largest absolute Gasteiger partial charge is 0.358 e. The summed E-state index contributed by atoms with van der Waals surface area (Å²) in [6.45, 7) is 0. The van der Waals surface area contributed by atoms with Crippen molar-refractivity contribution in [1.29, 1.82) is 0 Å². The summed E-state index contributed by atoms with van der Waals surface area (Å²) in [7, 11) is -2.28. The van der Waals surface area contributed by atoms with Gasteiger partial charge in [-0.05, 0) is 12.1 Å². The fourth-order valence-electron chi connectivity index (χ4n) is 2.23. The predicted octanol–water partition coefficient (Wildman–Crippen LogP) is 2.84. The minimum absolute atomic E-state index is 0.0179. The SMILES string of the molecule is CNC1=NS(=O)(=O)c2cccc(-c3cccc(F)c3Cl)c2N1. The van der Waals surface area contributed by atoms with E-state index in [0.717, 1.165) is 0 Å². The van der Waals surface area contributed by atoms with Gasteiger partial charge in [0.05, 0.1) is 10.7 Å². The Morgan fingerprint density at radius 1 is 1.18 bits per heavy atom. The average Bonchev–Trinajstić information content (AvgIpc) is 2.49. The Balaban J connectivity index is 2.29. The number of hydrogen-bond acceptors (Lipinski definition) is 4. The summed E-state index contributed by atoms with van der Waals surface area (Å²) in [5.74, 6) is -0.481. The Morgan fingerprint density at radius 2 is 1.86 bits per heavy atom. The lowest BCUT2D eigenvalue weighted by atomic mass is 10.0. The third kappa shape index (κ3) is 2.32. The van der Waals surface area contributed by atoms with Gasteiger partial charge in [-0.15, -0.1) is 4.40 Å². The molecule has 1 aliphatic rings. The highest BCUT2D eigenvalue weighted by Gasteiger charge is 2.27. The Bertz CT molecular complexity index is 897. The van der Waals surface area contributed by atoms with Gasteiger partial charge in [0.25, 0.3) is 10.0 Å². The number of rotatable bonds is 1. The highest BCUT2D eigenvalue weighted by Crippen LogP contribution is 2.39. The molecule has 0 fully saturated rings. The molecular formula is C14H11ClFN3O2S. The van der Waals surface area contributed by atoms with Crippen molar-refractivity contribution in [1.82, 2.24) is 5.32 Å². The normalized spacial score (nSPS) is 15.5. The molecule has 0 bridgehead atoms. The second-order valence-electron chi connectivity index (χ2n) is 4.57. The third-order valence-electron chi connectivity index (χ3n) is 3.24. The van der Waals surface area contributed by atoms with Gasteiger partial charge in [-0.3, -0.25) is 0 Å². The van der Waals surface area contributed by atoms with Crippen molar-refractivity contribution in [3.63, 3.8) is 0 Å². The number of hydrogen-bond donors (Lipinski definition) is 2. The molecule has 0 amide bonds. The number of fused-ring (bicyclic) bond motifs is 1. The molecular weight excluding hydrogens is 329 g/mol. The lowest BCUT2D eigenvalue weighted by Gasteiger charge is -2.21. The molecule has 0 unspecified atom stereocenters. The van der Waals surface area contributed by atoms with Gasteiger partial charge in [-0.2, -0.15) is 8.42 Å². The molecule has 0 atom stereocenters. The van der Waals surface area contributed by atoms with Gasteiger partial charge >= 0.3 is 0 Å². The maximum absolute atomic E-state index is 13.7. The van der Waals surface area contributed by atoms with Crippen LogP contribution in [0.25, 0.3) is 11.1 Å². The van der Waals surface area contributed by atoms with E-state index in [9.17, 15) is 12.8 Å². The summed E-state index contributed by atoms with van der Waals surface area (Å²) in [5, 5.41) is 5.49. The van der Waals surface area contributed by atoms with Crippen LogP contribution in [0.3, 0.4) is 0 Å². The van der Waals surface area contributed by atoms with Gasteiger partial charge < -0.3 is 10.6 Å². The maximum Gasteiger partial charge on any atom is 0.287 e. The van der Waals surface area contributed by atoms with E-state index in [4.69, 9.17) is 11.6 Å². The number of para-hydroxylation sites is 1. The molecule has 1 aliphatic heterocycles. The summed E-state index contributed by atoms with van der Waals surface area (Å²) < 4.78 is 41.7. The zero-order chi connectivity index (χ0) is 15.9. The molecule has 0 aromatic heterocycles. The molecule has 8 heteroatoms. The summed E-state index contributed by atoms with van der Waals surface area (Å²) in [6, 6.07) is 9.05. The summed E-state index contributed by atoms with van der Waals surface area (Å²) in [6.07, 6.45) is 0. The molecule has 2 aromatic carbocycles. The van der Waals surface area contributed by atoms with E-state index in [1.165, 1.54) is 18.2 Å². The van der Waals surface area contributed by atoms with Crippen LogP contribution in [0.2, 0.25) is 5.02 Å². The minimum atomic E-state index is -3.83. The second-order valence-corrected chi connectivity index (χ2v) is 6.52. The van der Waals surface area contributed by atoms with Crippen LogP contribution in [-0.2, 0) is 10.0 Å². The van der Waals surface area contributed by atoms with Gasteiger partial charge in [0.1, 0.15) is 10.7 Å². The topological polar surface area (TPSA) is 70.6 Å². The molecule has 5 nitrogen and oxygen atoms in total. The van der Waals surface area contributed by atoms with E-state index in [1.807, 2.05) is 0 Å². The van der Waals surface area contributed by atoms with Gasteiger partial charge in [0.2, 0.25) is 5.96 Å². The highest BCUT2D eigenvalue weighted by atomic mass is 35.5. The zero-order valence-corrected chi connectivity index (χ0v) is 13.0. The van der Waals surface area contributed by atoms with Crippen LogP contribution in [0.15, 0.2) is 45.7 Å². The molecule has 2 N–H and O–H groups in total. The molecule has 2 aromatic rings. The van der Waals surface area contributed by atoms with E-state index in [0.29, 0.717) is 16.8 Å². The van der Waals surface area contributed by atoms with Crippen LogP contribution in [0.5, 0.6) is 0 Å². The van der Waals surface area contributed by atoms with Gasteiger partial charge in [0, 0.05) is 18.2 Å².